The average molecular weight is 282 g/mol. The Morgan fingerprint density at radius 2 is 1.95 bits per heavy atom. The van der Waals surface area contributed by atoms with Crippen molar-refractivity contribution in [3.63, 3.8) is 0 Å². The number of aromatic nitrogens is 2. The van der Waals surface area contributed by atoms with Crippen LogP contribution < -0.4 is 5.73 Å². The molecule has 106 valence electrons. The molecule has 2 rings (SSSR count). The van der Waals surface area contributed by atoms with Gasteiger partial charge in [0.25, 0.3) is 0 Å². The molecule has 1 aromatic heterocycles. The first-order chi connectivity index (χ1) is 9.23. The highest BCUT2D eigenvalue weighted by atomic mass is 19.4. The minimum absolute atomic E-state index is 0.324. The molecule has 3 N–H and O–H groups in total. The van der Waals surface area contributed by atoms with Gasteiger partial charge in [-0.15, -0.1) is 0 Å². The van der Waals surface area contributed by atoms with Gasteiger partial charge in [-0.3, -0.25) is 5.41 Å². The van der Waals surface area contributed by atoms with Gasteiger partial charge in [-0.05, 0) is 31.0 Å². The molecule has 0 fully saturated rings. The molecule has 20 heavy (non-hydrogen) atoms. The molecule has 0 saturated heterocycles. The van der Waals surface area contributed by atoms with E-state index in [1.165, 1.54) is 0 Å². The number of hydrogen-bond acceptors (Lipinski definition) is 2. The van der Waals surface area contributed by atoms with Crippen LogP contribution in [0, 0.1) is 19.3 Å². The molecule has 1 heterocycles. The second-order valence-corrected chi connectivity index (χ2v) is 4.45. The lowest BCUT2D eigenvalue weighted by Crippen LogP contribution is -2.21. The molecule has 0 aliphatic rings. The lowest BCUT2D eigenvalue weighted by Gasteiger charge is -2.15. The van der Waals surface area contributed by atoms with E-state index in [9.17, 15) is 13.2 Å². The fourth-order valence-corrected chi connectivity index (χ4v) is 1.97. The summed E-state index contributed by atoms with van der Waals surface area (Å²) in [6.07, 6.45) is -3.68. The van der Waals surface area contributed by atoms with Crippen molar-refractivity contribution in [2.45, 2.75) is 20.0 Å². The Labute approximate surface area is 113 Å². The van der Waals surface area contributed by atoms with Crippen LogP contribution >= 0.6 is 0 Å². The number of benzene rings is 1. The van der Waals surface area contributed by atoms with E-state index < -0.39 is 23.3 Å². The summed E-state index contributed by atoms with van der Waals surface area (Å²) in [4.78, 5) is 0. The maximum atomic E-state index is 13.2. The number of halogens is 3. The highest BCUT2D eigenvalue weighted by Gasteiger charge is 2.39. The van der Waals surface area contributed by atoms with Crippen LogP contribution in [-0.4, -0.2) is 15.6 Å². The molecule has 0 radical (unpaired) electrons. The maximum absolute atomic E-state index is 13.2. The van der Waals surface area contributed by atoms with Crippen molar-refractivity contribution in [1.29, 1.82) is 5.41 Å². The van der Waals surface area contributed by atoms with Gasteiger partial charge < -0.3 is 5.73 Å². The standard InChI is InChI=1S/C13H13F3N4/c1-7-4-3-5-10(8(7)2)20-11(13(14,15)16)9(6-19-20)12(17)18/h3-6H,1-2H3,(H3,17,18). The van der Waals surface area contributed by atoms with Gasteiger partial charge in [0.2, 0.25) is 0 Å². The van der Waals surface area contributed by atoms with E-state index in [2.05, 4.69) is 5.10 Å². The number of hydrogen-bond donors (Lipinski definition) is 2. The molecule has 4 nitrogen and oxygen atoms in total. The minimum atomic E-state index is -4.65. The quantitative estimate of drug-likeness (QED) is 0.657. The van der Waals surface area contributed by atoms with E-state index in [0.717, 1.165) is 16.4 Å². The molecule has 0 spiro atoms. The minimum Gasteiger partial charge on any atom is -0.384 e. The molecular weight excluding hydrogens is 269 g/mol. The molecule has 0 atom stereocenters. The van der Waals surface area contributed by atoms with Gasteiger partial charge in [-0.1, -0.05) is 12.1 Å². The predicted octanol–water partition coefficient (Wildman–Crippen LogP) is 2.79. The molecule has 0 bridgehead atoms. The molecule has 0 aliphatic carbocycles. The number of aryl methyl sites for hydroxylation is 1. The second kappa shape index (κ2) is 4.66. The molecule has 0 unspecified atom stereocenters. The Bertz CT molecular complexity index is 671. The smallest absolute Gasteiger partial charge is 0.384 e. The summed E-state index contributed by atoms with van der Waals surface area (Å²) in [5, 5.41) is 11.0. The van der Waals surface area contributed by atoms with Crippen LogP contribution in [0.25, 0.3) is 5.69 Å². The van der Waals surface area contributed by atoms with Gasteiger partial charge >= 0.3 is 6.18 Å². The summed E-state index contributed by atoms with van der Waals surface area (Å²) in [7, 11) is 0. The molecule has 0 aliphatic heterocycles. The van der Waals surface area contributed by atoms with Crippen LogP contribution in [0.4, 0.5) is 13.2 Å². The normalized spacial score (nSPS) is 11.7. The zero-order chi connectivity index (χ0) is 15.1. The highest BCUT2D eigenvalue weighted by molar-refractivity contribution is 5.96. The van der Waals surface area contributed by atoms with Crippen molar-refractivity contribution < 1.29 is 13.2 Å². The Morgan fingerprint density at radius 3 is 2.50 bits per heavy atom. The van der Waals surface area contributed by atoms with Gasteiger partial charge in [0.1, 0.15) is 5.84 Å². The van der Waals surface area contributed by atoms with Gasteiger partial charge in [-0.25, -0.2) is 4.68 Å². The zero-order valence-electron chi connectivity index (χ0n) is 10.9. The van der Waals surface area contributed by atoms with Crippen LogP contribution in [0.15, 0.2) is 24.4 Å². The van der Waals surface area contributed by atoms with Gasteiger partial charge in [0, 0.05) is 0 Å². The van der Waals surface area contributed by atoms with Crippen LogP contribution in [0.5, 0.6) is 0 Å². The Kier molecular flexibility index (Phi) is 3.29. The van der Waals surface area contributed by atoms with E-state index in [4.69, 9.17) is 11.1 Å². The van der Waals surface area contributed by atoms with Crippen LogP contribution in [-0.2, 0) is 6.18 Å². The third-order valence-corrected chi connectivity index (χ3v) is 3.13. The first kappa shape index (κ1) is 14.1. The van der Waals surface area contributed by atoms with E-state index in [1.807, 2.05) is 13.0 Å². The summed E-state index contributed by atoms with van der Waals surface area (Å²) < 4.78 is 40.4. The van der Waals surface area contributed by atoms with Crippen molar-refractivity contribution in [1.82, 2.24) is 9.78 Å². The number of alkyl halides is 3. The van der Waals surface area contributed by atoms with Crippen LogP contribution in [0.1, 0.15) is 22.4 Å². The zero-order valence-corrected chi connectivity index (χ0v) is 10.9. The van der Waals surface area contributed by atoms with E-state index in [1.54, 1.807) is 19.1 Å². The number of amidine groups is 1. The lowest BCUT2D eigenvalue weighted by molar-refractivity contribution is -0.142. The summed E-state index contributed by atoms with van der Waals surface area (Å²) in [5.74, 6) is -0.658. The van der Waals surface area contributed by atoms with Gasteiger partial charge in [-0.2, -0.15) is 18.3 Å². The van der Waals surface area contributed by atoms with Crippen molar-refractivity contribution in [2.75, 3.05) is 0 Å². The first-order valence-electron chi connectivity index (χ1n) is 5.79. The monoisotopic (exact) mass is 282 g/mol. The number of rotatable bonds is 2. The SMILES string of the molecule is Cc1cccc(-n2ncc(C(=N)N)c2C(F)(F)F)c1C. The molecule has 1 aromatic carbocycles. The number of nitrogen functional groups attached to an aromatic ring is 1. The predicted molar refractivity (Wildman–Crippen MR) is 69.1 cm³/mol. The van der Waals surface area contributed by atoms with Crippen LogP contribution in [0.3, 0.4) is 0 Å². The number of nitrogens with zero attached hydrogens (tertiary/aromatic N) is 2. The molecule has 0 saturated carbocycles. The summed E-state index contributed by atoms with van der Waals surface area (Å²) in [6.45, 7) is 3.53. The molecule has 2 aromatic rings. The summed E-state index contributed by atoms with van der Waals surface area (Å²) >= 11 is 0. The fraction of sp³-hybridized carbons (Fsp3) is 0.231. The maximum Gasteiger partial charge on any atom is 0.434 e. The van der Waals surface area contributed by atoms with Gasteiger partial charge in [0.15, 0.2) is 5.69 Å². The molecule has 0 amide bonds. The molecule has 7 heteroatoms. The third kappa shape index (κ3) is 2.26. The van der Waals surface area contributed by atoms with Crippen molar-refractivity contribution in [3.8, 4) is 5.69 Å². The average Bonchev–Trinajstić information content (AvgIpc) is 2.77. The fourth-order valence-electron chi connectivity index (χ4n) is 1.97. The van der Waals surface area contributed by atoms with Crippen molar-refractivity contribution >= 4 is 5.84 Å². The van der Waals surface area contributed by atoms with E-state index in [0.29, 0.717) is 11.3 Å². The topological polar surface area (TPSA) is 67.7 Å². The lowest BCUT2D eigenvalue weighted by atomic mass is 10.1. The first-order valence-corrected chi connectivity index (χ1v) is 5.79. The second-order valence-electron chi connectivity index (χ2n) is 4.45. The largest absolute Gasteiger partial charge is 0.434 e. The Morgan fingerprint density at radius 1 is 1.30 bits per heavy atom. The summed E-state index contributed by atoms with van der Waals surface area (Å²) in [6, 6.07) is 5.02. The van der Waals surface area contributed by atoms with E-state index in [-0.39, 0.29) is 0 Å². The number of nitrogens with two attached hydrogens (primary N) is 1. The summed E-state index contributed by atoms with van der Waals surface area (Å²) in [5.41, 5.74) is 5.63. The van der Waals surface area contributed by atoms with E-state index >= 15 is 0 Å². The van der Waals surface area contributed by atoms with Gasteiger partial charge in [0.05, 0.1) is 17.4 Å². The Balaban J connectivity index is 2.76. The number of nitrogens with one attached hydrogen (secondary N) is 1. The van der Waals surface area contributed by atoms with Crippen LogP contribution in [0.2, 0.25) is 0 Å². The van der Waals surface area contributed by atoms with Crippen molar-refractivity contribution in [3.05, 3.63) is 46.8 Å². The third-order valence-electron chi connectivity index (χ3n) is 3.13. The highest BCUT2D eigenvalue weighted by Crippen LogP contribution is 2.34. The van der Waals surface area contributed by atoms with Crippen molar-refractivity contribution in [2.24, 2.45) is 5.73 Å². The Hall–Kier alpha value is -2.31. The molecular formula is C13H13F3N4.